The summed E-state index contributed by atoms with van der Waals surface area (Å²) in [5.74, 6) is -0.126. The Labute approximate surface area is 161 Å². The molecule has 3 rings (SSSR count). The highest BCUT2D eigenvalue weighted by molar-refractivity contribution is 5.96. The van der Waals surface area contributed by atoms with Gasteiger partial charge in [0.25, 0.3) is 11.6 Å². The molecule has 0 spiro atoms. The highest BCUT2D eigenvalue weighted by Gasteiger charge is 2.24. The molecule has 2 amide bonds. The molecule has 2 aromatic carbocycles. The van der Waals surface area contributed by atoms with Crippen molar-refractivity contribution in [3.05, 3.63) is 69.8 Å². The summed E-state index contributed by atoms with van der Waals surface area (Å²) in [5.41, 5.74) is 1.12. The molecule has 8 heteroatoms. The number of hydrogen-bond acceptors (Lipinski definition) is 5. The number of likely N-dealkylation sites (tertiary alicyclic amines) is 1. The van der Waals surface area contributed by atoms with E-state index in [1.165, 1.54) is 24.3 Å². The molecule has 28 heavy (non-hydrogen) atoms. The van der Waals surface area contributed by atoms with E-state index >= 15 is 0 Å². The van der Waals surface area contributed by atoms with Crippen LogP contribution in [0.25, 0.3) is 0 Å². The number of non-ortho nitro benzene ring substituents is 1. The van der Waals surface area contributed by atoms with Crippen LogP contribution in [0.4, 0.5) is 5.69 Å². The number of aromatic hydroxyl groups is 1. The molecule has 0 radical (unpaired) electrons. The quantitative estimate of drug-likeness (QED) is 0.608. The van der Waals surface area contributed by atoms with Crippen molar-refractivity contribution in [2.45, 2.75) is 18.8 Å². The first-order valence-electron chi connectivity index (χ1n) is 9.03. The number of hydrogen-bond donors (Lipinski definition) is 2. The van der Waals surface area contributed by atoms with Crippen LogP contribution in [0.5, 0.6) is 5.75 Å². The number of phenols is 1. The molecule has 1 saturated heterocycles. The summed E-state index contributed by atoms with van der Waals surface area (Å²) in [4.78, 5) is 36.5. The molecule has 0 aromatic heterocycles. The lowest BCUT2D eigenvalue weighted by atomic mass is 9.89. The van der Waals surface area contributed by atoms with Crippen molar-refractivity contribution >= 4 is 17.5 Å². The summed E-state index contributed by atoms with van der Waals surface area (Å²) in [6.07, 6.45) is 1.63. The minimum Gasteiger partial charge on any atom is -0.508 e. The summed E-state index contributed by atoms with van der Waals surface area (Å²) in [6.45, 7) is 1.04. The van der Waals surface area contributed by atoms with Gasteiger partial charge in [0.1, 0.15) is 5.75 Å². The van der Waals surface area contributed by atoms with Gasteiger partial charge in [-0.2, -0.15) is 0 Å². The summed E-state index contributed by atoms with van der Waals surface area (Å²) in [7, 11) is 0. The molecule has 1 heterocycles. The smallest absolute Gasteiger partial charge is 0.270 e. The summed E-state index contributed by atoms with van der Waals surface area (Å²) in [6, 6.07) is 12.5. The minimum absolute atomic E-state index is 0.146. The van der Waals surface area contributed by atoms with Gasteiger partial charge in [-0.05, 0) is 42.5 Å². The molecule has 2 N–H and O–H groups in total. The molecule has 0 saturated carbocycles. The molecular formula is C20H21N3O5. The third-order valence-electron chi connectivity index (χ3n) is 4.93. The first-order chi connectivity index (χ1) is 13.4. The predicted molar refractivity (Wildman–Crippen MR) is 102 cm³/mol. The number of nitrogens with one attached hydrogen (secondary N) is 1. The SMILES string of the molecule is O=C(NCC(=O)N1CCC(c2ccc(O)cc2)CC1)c1cccc([N+](=O)[O-])c1. The van der Waals surface area contributed by atoms with Gasteiger partial charge in [-0.25, -0.2) is 0 Å². The van der Waals surface area contributed by atoms with Crippen LogP contribution in [0.1, 0.15) is 34.7 Å². The lowest BCUT2D eigenvalue weighted by Gasteiger charge is -2.32. The minimum atomic E-state index is -0.569. The van der Waals surface area contributed by atoms with Crippen LogP contribution in [0.2, 0.25) is 0 Å². The number of nitro groups is 1. The second kappa shape index (κ2) is 8.51. The highest BCUT2D eigenvalue weighted by atomic mass is 16.6. The molecule has 1 fully saturated rings. The Balaban J connectivity index is 1.49. The fourth-order valence-electron chi connectivity index (χ4n) is 3.34. The van der Waals surface area contributed by atoms with Crippen molar-refractivity contribution in [2.75, 3.05) is 19.6 Å². The van der Waals surface area contributed by atoms with E-state index in [-0.39, 0.29) is 29.5 Å². The number of phenolic OH excluding ortho intramolecular Hbond substituents is 1. The van der Waals surface area contributed by atoms with Gasteiger partial charge in [-0.3, -0.25) is 19.7 Å². The van der Waals surface area contributed by atoms with Crippen LogP contribution in [0.3, 0.4) is 0 Å². The van der Waals surface area contributed by atoms with Crippen LogP contribution in [-0.2, 0) is 4.79 Å². The van der Waals surface area contributed by atoms with Gasteiger partial charge >= 0.3 is 0 Å². The fourth-order valence-corrected chi connectivity index (χ4v) is 3.34. The number of piperidine rings is 1. The standard InChI is InChI=1S/C20H21N3O5/c24-18-6-4-14(5-7-18)15-8-10-22(11-9-15)19(25)13-21-20(26)16-2-1-3-17(12-16)23(27)28/h1-7,12,15,24H,8-11,13H2,(H,21,26). The van der Waals surface area contributed by atoms with E-state index in [0.29, 0.717) is 19.0 Å². The number of carbonyl (C=O) groups excluding carboxylic acids is 2. The monoisotopic (exact) mass is 383 g/mol. The molecule has 8 nitrogen and oxygen atoms in total. The van der Waals surface area contributed by atoms with Crippen LogP contribution in [-0.4, -0.2) is 46.4 Å². The molecule has 0 unspecified atom stereocenters. The van der Waals surface area contributed by atoms with E-state index in [4.69, 9.17) is 0 Å². The maximum Gasteiger partial charge on any atom is 0.270 e. The first kappa shape index (κ1) is 19.3. The van der Waals surface area contributed by atoms with Crippen molar-refractivity contribution in [3.63, 3.8) is 0 Å². The third kappa shape index (κ3) is 4.64. The van der Waals surface area contributed by atoms with Gasteiger partial charge in [0.15, 0.2) is 0 Å². The first-order valence-corrected chi connectivity index (χ1v) is 9.03. The Kier molecular flexibility index (Phi) is 5.88. The third-order valence-corrected chi connectivity index (χ3v) is 4.93. The number of amides is 2. The predicted octanol–water partition coefficient (Wildman–Crippen LogP) is 2.44. The number of rotatable bonds is 5. The molecule has 0 atom stereocenters. The van der Waals surface area contributed by atoms with Crippen LogP contribution < -0.4 is 5.32 Å². The average molecular weight is 383 g/mol. The number of nitro benzene ring substituents is 1. The van der Waals surface area contributed by atoms with E-state index in [0.717, 1.165) is 18.4 Å². The molecule has 1 aliphatic heterocycles. The maximum atomic E-state index is 12.4. The fraction of sp³-hybridized carbons (Fsp3) is 0.300. The zero-order valence-corrected chi connectivity index (χ0v) is 15.2. The summed E-state index contributed by atoms with van der Waals surface area (Å²) >= 11 is 0. The van der Waals surface area contributed by atoms with Crippen LogP contribution in [0, 0.1) is 10.1 Å². The zero-order valence-electron chi connectivity index (χ0n) is 15.2. The van der Waals surface area contributed by atoms with E-state index in [1.54, 1.807) is 17.0 Å². The van der Waals surface area contributed by atoms with Crippen LogP contribution in [0.15, 0.2) is 48.5 Å². The summed E-state index contributed by atoms with van der Waals surface area (Å²) < 4.78 is 0. The zero-order chi connectivity index (χ0) is 20.1. The Morgan fingerprint density at radius 1 is 1.14 bits per heavy atom. The molecule has 1 aliphatic rings. The normalized spacial score (nSPS) is 14.5. The van der Waals surface area contributed by atoms with Crippen molar-refractivity contribution in [3.8, 4) is 5.75 Å². The molecule has 146 valence electrons. The van der Waals surface area contributed by atoms with Crippen molar-refractivity contribution in [1.82, 2.24) is 10.2 Å². The van der Waals surface area contributed by atoms with Gasteiger partial charge in [-0.15, -0.1) is 0 Å². The molecular weight excluding hydrogens is 362 g/mol. The number of benzene rings is 2. The van der Waals surface area contributed by atoms with Crippen molar-refractivity contribution in [2.24, 2.45) is 0 Å². The largest absolute Gasteiger partial charge is 0.508 e. The Morgan fingerprint density at radius 3 is 2.46 bits per heavy atom. The van der Waals surface area contributed by atoms with Gasteiger partial charge in [0.2, 0.25) is 5.91 Å². The Morgan fingerprint density at radius 2 is 1.82 bits per heavy atom. The summed E-state index contributed by atoms with van der Waals surface area (Å²) in [5, 5.41) is 22.7. The maximum absolute atomic E-state index is 12.4. The Bertz CT molecular complexity index is 874. The van der Waals surface area contributed by atoms with Gasteiger partial charge < -0.3 is 15.3 Å². The Hall–Kier alpha value is -3.42. The number of nitrogens with zero attached hydrogens (tertiary/aromatic N) is 2. The number of carbonyl (C=O) groups is 2. The van der Waals surface area contributed by atoms with Gasteiger partial charge in [0.05, 0.1) is 11.5 Å². The van der Waals surface area contributed by atoms with E-state index < -0.39 is 10.8 Å². The second-order valence-corrected chi connectivity index (χ2v) is 6.74. The van der Waals surface area contributed by atoms with Crippen molar-refractivity contribution < 1.29 is 19.6 Å². The van der Waals surface area contributed by atoms with Gasteiger partial charge in [0, 0.05) is 30.8 Å². The average Bonchev–Trinajstić information content (AvgIpc) is 2.72. The van der Waals surface area contributed by atoms with Crippen molar-refractivity contribution in [1.29, 1.82) is 0 Å². The lowest BCUT2D eigenvalue weighted by Crippen LogP contribution is -2.43. The van der Waals surface area contributed by atoms with Gasteiger partial charge in [-0.1, -0.05) is 18.2 Å². The topological polar surface area (TPSA) is 113 Å². The molecule has 2 aromatic rings. The molecule has 0 aliphatic carbocycles. The second-order valence-electron chi connectivity index (χ2n) is 6.74. The highest BCUT2D eigenvalue weighted by Crippen LogP contribution is 2.29. The molecule has 0 bridgehead atoms. The lowest BCUT2D eigenvalue weighted by molar-refractivity contribution is -0.384. The van der Waals surface area contributed by atoms with E-state index in [9.17, 15) is 24.8 Å². The van der Waals surface area contributed by atoms with Crippen LogP contribution >= 0.6 is 0 Å². The van der Waals surface area contributed by atoms with E-state index in [1.807, 2.05) is 12.1 Å². The van der Waals surface area contributed by atoms with E-state index in [2.05, 4.69) is 5.32 Å².